The zero-order valence-corrected chi connectivity index (χ0v) is 10.5. The monoisotopic (exact) mass is 225 g/mol. The number of hydrogen-bond donors (Lipinski definition) is 1. The van der Waals surface area contributed by atoms with Gasteiger partial charge in [0.2, 0.25) is 0 Å². The highest BCUT2D eigenvalue weighted by atomic mass is 16.5. The van der Waals surface area contributed by atoms with E-state index < -0.39 is 0 Å². The average molecular weight is 225 g/mol. The molecule has 4 nitrogen and oxygen atoms in total. The van der Waals surface area contributed by atoms with Crippen LogP contribution in [-0.4, -0.2) is 28.5 Å². The van der Waals surface area contributed by atoms with Gasteiger partial charge in [-0.25, -0.2) is 0 Å². The van der Waals surface area contributed by atoms with E-state index in [2.05, 4.69) is 25.1 Å². The van der Waals surface area contributed by atoms with Gasteiger partial charge in [-0.3, -0.25) is 4.68 Å². The second-order valence-corrected chi connectivity index (χ2v) is 3.97. The van der Waals surface area contributed by atoms with Gasteiger partial charge >= 0.3 is 0 Å². The van der Waals surface area contributed by atoms with Gasteiger partial charge in [-0.2, -0.15) is 5.10 Å². The molecule has 0 aliphatic heterocycles. The molecule has 1 aromatic heterocycles. The fourth-order valence-electron chi connectivity index (χ4n) is 1.85. The van der Waals surface area contributed by atoms with Gasteiger partial charge in [0.25, 0.3) is 0 Å². The van der Waals surface area contributed by atoms with Crippen LogP contribution in [-0.2, 0) is 17.7 Å². The molecule has 2 atom stereocenters. The summed E-state index contributed by atoms with van der Waals surface area (Å²) in [7, 11) is 0. The lowest BCUT2D eigenvalue weighted by Crippen LogP contribution is -2.38. The number of aromatic nitrogens is 2. The molecule has 0 aliphatic rings. The molecule has 0 saturated heterocycles. The normalized spacial score (nSPS) is 15.0. The number of nitrogens with two attached hydrogens (primary N) is 1. The molecule has 0 aromatic carbocycles. The van der Waals surface area contributed by atoms with Crippen molar-refractivity contribution in [2.45, 2.75) is 52.3 Å². The highest BCUT2D eigenvalue weighted by Crippen LogP contribution is 2.09. The Morgan fingerprint density at radius 2 is 2.19 bits per heavy atom. The van der Waals surface area contributed by atoms with Gasteiger partial charge in [-0.1, -0.05) is 6.92 Å². The van der Waals surface area contributed by atoms with Crippen LogP contribution in [0.15, 0.2) is 12.4 Å². The highest BCUT2D eigenvalue weighted by Gasteiger charge is 2.16. The summed E-state index contributed by atoms with van der Waals surface area (Å²) in [6, 6.07) is 0.0551. The fourth-order valence-corrected chi connectivity index (χ4v) is 1.85. The van der Waals surface area contributed by atoms with Crippen LogP contribution in [0.25, 0.3) is 0 Å². The molecule has 0 bridgehead atoms. The van der Waals surface area contributed by atoms with E-state index in [9.17, 15) is 0 Å². The molecule has 92 valence electrons. The minimum absolute atomic E-state index is 0.0551. The van der Waals surface area contributed by atoms with Gasteiger partial charge in [0.15, 0.2) is 0 Å². The SMILES string of the molecule is CCOC(CC)C(N)Cc1cnn(CC)c1. The molecular weight excluding hydrogens is 202 g/mol. The van der Waals surface area contributed by atoms with E-state index >= 15 is 0 Å². The van der Waals surface area contributed by atoms with E-state index in [0.29, 0.717) is 0 Å². The van der Waals surface area contributed by atoms with E-state index in [1.54, 1.807) is 0 Å². The van der Waals surface area contributed by atoms with Crippen LogP contribution in [0.3, 0.4) is 0 Å². The molecular formula is C12H23N3O. The van der Waals surface area contributed by atoms with Crippen LogP contribution in [0, 0.1) is 0 Å². The standard InChI is InChI=1S/C12H23N3O/c1-4-12(16-6-3)11(13)7-10-8-14-15(5-2)9-10/h8-9,11-12H,4-7,13H2,1-3H3. The van der Waals surface area contributed by atoms with Gasteiger partial charge in [0, 0.05) is 25.4 Å². The number of hydrogen-bond acceptors (Lipinski definition) is 3. The Hall–Kier alpha value is -0.870. The first-order valence-corrected chi connectivity index (χ1v) is 6.09. The first kappa shape index (κ1) is 13.2. The molecule has 4 heteroatoms. The number of aryl methyl sites for hydroxylation is 1. The fraction of sp³-hybridized carbons (Fsp3) is 0.750. The summed E-state index contributed by atoms with van der Waals surface area (Å²) in [5, 5.41) is 4.24. The Morgan fingerprint density at radius 3 is 2.69 bits per heavy atom. The maximum absolute atomic E-state index is 6.14. The molecule has 0 amide bonds. The van der Waals surface area contributed by atoms with Crippen molar-refractivity contribution in [3.63, 3.8) is 0 Å². The van der Waals surface area contributed by atoms with E-state index in [-0.39, 0.29) is 12.1 Å². The zero-order valence-electron chi connectivity index (χ0n) is 10.5. The Kier molecular flexibility index (Phi) is 5.49. The third-order valence-corrected chi connectivity index (χ3v) is 2.74. The molecule has 1 aromatic rings. The predicted octanol–water partition coefficient (Wildman–Crippen LogP) is 1.59. The Morgan fingerprint density at radius 1 is 1.44 bits per heavy atom. The molecule has 1 rings (SSSR count). The third-order valence-electron chi connectivity index (χ3n) is 2.74. The van der Waals surface area contributed by atoms with Crippen LogP contribution in [0.4, 0.5) is 0 Å². The van der Waals surface area contributed by atoms with Crippen molar-refractivity contribution in [3.8, 4) is 0 Å². The average Bonchev–Trinajstić information content (AvgIpc) is 2.73. The number of nitrogens with zero attached hydrogens (tertiary/aromatic N) is 2. The minimum atomic E-state index is 0.0551. The second-order valence-electron chi connectivity index (χ2n) is 3.97. The molecule has 0 aliphatic carbocycles. The van der Waals surface area contributed by atoms with Crippen molar-refractivity contribution in [2.75, 3.05) is 6.61 Å². The van der Waals surface area contributed by atoms with Crippen molar-refractivity contribution in [3.05, 3.63) is 18.0 Å². The lowest BCUT2D eigenvalue weighted by atomic mass is 10.0. The van der Waals surface area contributed by atoms with Crippen LogP contribution in [0.1, 0.15) is 32.8 Å². The zero-order chi connectivity index (χ0) is 12.0. The molecule has 0 radical (unpaired) electrons. The van der Waals surface area contributed by atoms with Gasteiger partial charge in [-0.15, -0.1) is 0 Å². The Balaban J connectivity index is 2.51. The number of ether oxygens (including phenoxy) is 1. The van der Waals surface area contributed by atoms with E-state index in [4.69, 9.17) is 10.5 Å². The predicted molar refractivity (Wildman–Crippen MR) is 65.3 cm³/mol. The summed E-state index contributed by atoms with van der Waals surface area (Å²) in [5.41, 5.74) is 7.32. The van der Waals surface area contributed by atoms with E-state index in [1.165, 1.54) is 5.56 Å². The van der Waals surface area contributed by atoms with E-state index in [1.807, 2.05) is 17.8 Å². The summed E-state index contributed by atoms with van der Waals surface area (Å²) < 4.78 is 7.53. The molecule has 0 saturated carbocycles. The molecule has 2 unspecified atom stereocenters. The van der Waals surface area contributed by atoms with Crippen molar-refractivity contribution in [1.29, 1.82) is 0 Å². The topological polar surface area (TPSA) is 53.1 Å². The van der Waals surface area contributed by atoms with Crippen molar-refractivity contribution < 1.29 is 4.74 Å². The van der Waals surface area contributed by atoms with Crippen molar-refractivity contribution in [1.82, 2.24) is 9.78 Å². The van der Waals surface area contributed by atoms with Crippen LogP contribution < -0.4 is 5.73 Å². The molecule has 0 spiro atoms. The molecule has 1 heterocycles. The summed E-state index contributed by atoms with van der Waals surface area (Å²) in [6.45, 7) is 7.81. The quantitative estimate of drug-likeness (QED) is 0.766. The van der Waals surface area contributed by atoms with Crippen LogP contribution in [0.2, 0.25) is 0 Å². The van der Waals surface area contributed by atoms with E-state index in [0.717, 1.165) is 26.0 Å². The molecule has 16 heavy (non-hydrogen) atoms. The van der Waals surface area contributed by atoms with Gasteiger partial charge in [-0.05, 0) is 32.3 Å². The maximum Gasteiger partial charge on any atom is 0.0726 e. The van der Waals surface area contributed by atoms with Gasteiger partial charge in [0.1, 0.15) is 0 Å². The smallest absolute Gasteiger partial charge is 0.0726 e. The lowest BCUT2D eigenvalue weighted by molar-refractivity contribution is 0.0417. The minimum Gasteiger partial charge on any atom is -0.377 e. The Labute approximate surface area is 97.8 Å². The summed E-state index contributed by atoms with van der Waals surface area (Å²) in [4.78, 5) is 0. The largest absolute Gasteiger partial charge is 0.377 e. The summed E-state index contributed by atoms with van der Waals surface area (Å²) in [5.74, 6) is 0. The summed E-state index contributed by atoms with van der Waals surface area (Å²) in [6.07, 6.45) is 5.88. The maximum atomic E-state index is 6.14. The third kappa shape index (κ3) is 3.61. The van der Waals surface area contributed by atoms with Crippen molar-refractivity contribution in [2.24, 2.45) is 5.73 Å². The molecule has 0 fully saturated rings. The van der Waals surface area contributed by atoms with Crippen LogP contribution in [0.5, 0.6) is 0 Å². The first-order valence-electron chi connectivity index (χ1n) is 6.09. The highest BCUT2D eigenvalue weighted by molar-refractivity contribution is 5.06. The molecule has 2 N–H and O–H groups in total. The first-order chi connectivity index (χ1) is 7.71. The van der Waals surface area contributed by atoms with Crippen LogP contribution >= 0.6 is 0 Å². The Bertz CT molecular complexity index is 298. The van der Waals surface area contributed by atoms with Gasteiger partial charge in [0.05, 0.1) is 12.3 Å². The number of rotatable bonds is 7. The second kappa shape index (κ2) is 6.66. The van der Waals surface area contributed by atoms with Crippen molar-refractivity contribution >= 4 is 0 Å². The van der Waals surface area contributed by atoms with Gasteiger partial charge < -0.3 is 10.5 Å². The lowest BCUT2D eigenvalue weighted by Gasteiger charge is -2.21. The summed E-state index contributed by atoms with van der Waals surface area (Å²) >= 11 is 0.